The van der Waals surface area contributed by atoms with Crippen molar-refractivity contribution in [1.82, 2.24) is 9.80 Å². The zero-order valence-electron chi connectivity index (χ0n) is 21.8. The van der Waals surface area contributed by atoms with E-state index < -0.39 is 41.9 Å². The smallest absolute Gasteiger partial charge is 0.478 e. The Bertz CT molecular complexity index is 1360. The van der Waals surface area contributed by atoms with Crippen molar-refractivity contribution >= 4 is 23.7 Å². The number of alkyl halides is 6. The summed E-state index contributed by atoms with van der Waals surface area (Å²) in [5.41, 5.74) is -0.297. The molecule has 0 radical (unpaired) electrons. The highest BCUT2D eigenvalue weighted by Gasteiger charge is 2.43. The molecule has 2 amide bonds. The number of carboxylic acid groups (broad SMARTS) is 2. The van der Waals surface area contributed by atoms with Crippen LogP contribution in [0.5, 0.6) is 0 Å². The summed E-state index contributed by atoms with van der Waals surface area (Å²) in [5, 5.41) is 26.3. The molecule has 9 nitrogen and oxygen atoms in total. The van der Waals surface area contributed by atoms with Gasteiger partial charge in [-0.05, 0) is 56.9 Å². The van der Waals surface area contributed by atoms with Gasteiger partial charge in [-0.1, -0.05) is 18.2 Å². The summed E-state index contributed by atoms with van der Waals surface area (Å²) in [5.74, 6) is -4.06. The Morgan fingerprint density at radius 3 is 2.02 bits per heavy atom. The van der Waals surface area contributed by atoms with Crippen LogP contribution in [0, 0.1) is 11.3 Å². The maximum Gasteiger partial charge on any atom is 0.490 e. The van der Waals surface area contributed by atoms with Crippen LogP contribution in [-0.2, 0) is 15.8 Å². The van der Waals surface area contributed by atoms with Crippen molar-refractivity contribution < 1.29 is 50.9 Å². The number of rotatable bonds is 6. The topological polar surface area (TPSA) is 125 Å². The van der Waals surface area contributed by atoms with Crippen molar-refractivity contribution in [1.29, 1.82) is 5.26 Å². The van der Waals surface area contributed by atoms with Gasteiger partial charge < -0.3 is 20.0 Å². The third-order valence-corrected chi connectivity index (χ3v) is 5.80. The molecular formula is C26H24F6N4O5. The molecule has 0 bridgehead atoms. The van der Waals surface area contributed by atoms with E-state index in [0.29, 0.717) is 17.7 Å². The molecule has 0 saturated carbocycles. The molecule has 1 aliphatic rings. The van der Waals surface area contributed by atoms with Gasteiger partial charge in [-0.15, -0.1) is 0 Å². The summed E-state index contributed by atoms with van der Waals surface area (Å²) in [7, 11) is 3.57. The molecule has 3 rings (SSSR count). The van der Waals surface area contributed by atoms with Gasteiger partial charge >= 0.3 is 30.3 Å². The lowest BCUT2D eigenvalue weighted by atomic mass is 9.92. The highest BCUT2D eigenvalue weighted by molar-refractivity contribution is 6.02. The first-order valence-electron chi connectivity index (χ1n) is 11.6. The first kappa shape index (κ1) is 32.6. The lowest BCUT2D eigenvalue weighted by molar-refractivity contribution is -0.192. The van der Waals surface area contributed by atoms with E-state index in [1.54, 1.807) is 26.2 Å². The summed E-state index contributed by atoms with van der Waals surface area (Å²) in [6.45, 7) is 1.92. The van der Waals surface area contributed by atoms with Crippen molar-refractivity contribution in [3.8, 4) is 6.07 Å². The molecule has 0 aliphatic carbocycles. The van der Waals surface area contributed by atoms with Gasteiger partial charge in [0.1, 0.15) is 0 Å². The Labute approximate surface area is 230 Å². The van der Waals surface area contributed by atoms with E-state index in [-0.39, 0.29) is 23.5 Å². The quantitative estimate of drug-likeness (QED) is 0.451. The van der Waals surface area contributed by atoms with E-state index >= 15 is 0 Å². The number of carbonyl (C=O) groups excluding carboxylic acids is 1. The minimum absolute atomic E-state index is 0.0206. The molecule has 0 fully saturated rings. The van der Waals surface area contributed by atoms with Crippen molar-refractivity contribution in [2.45, 2.75) is 25.3 Å². The van der Waals surface area contributed by atoms with Crippen LogP contribution in [0.2, 0.25) is 0 Å². The molecule has 2 aromatic carbocycles. The average Bonchev–Trinajstić information content (AvgIpc) is 2.87. The minimum Gasteiger partial charge on any atom is -0.478 e. The van der Waals surface area contributed by atoms with Crippen molar-refractivity contribution in [2.75, 3.05) is 32.1 Å². The number of carboxylic acids is 2. The van der Waals surface area contributed by atoms with Crippen LogP contribution in [0.3, 0.4) is 0 Å². The predicted molar refractivity (Wildman–Crippen MR) is 133 cm³/mol. The van der Waals surface area contributed by atoms with E-state index in [2.05, 4.69) is 0 Å². The van der Waals surface area contributed by atoms with Crippen molar-refractivity contribution in [2.24, 2.45) is 0 Å². The normalized spacial score (nSPS) is 15.8. The number of anilines is 1. The Hall–Kier alpha value is -4.58. The van der Waals surface area contributed by atoms with Crippen LogP contribution >= 0.6 is 0 Å². The van der Waals surface area contributed by atoms with E-state index in [1.165, 1.54) is 36.1 Å². The number of nitriles is 1. The van der Waals surface area contributed by atoms with E-state index in [0.717, 1.165) is 17.0 Å². The molecule has 2 aromatic rings. The molecule has 15 heteroatoms. The van der Waals surface area contributed by atoms with Crippen LogP contribution in [-0.4, -0.2) is 71.3 Å². The molecule has 1 atom stereocenters. The summed E-state index contributed by atoms with van der Waals surface area (Å²) in [6.07, 6.45) is -9.71. The van der Waals surface area contributed by atoms with Gasteiger partial charge in [-0.3, -0.25) is 4.90 Å². The standard InChI is InChI=1S/C24H23F3N4O3.C2HF3O2/c1-15-20(22(32)33)21(17-9-7-16(14-28)8-10-17)30(12-11-29(2)3)23(34)31(15)19-6-4-5-18(13-19)24(25,26)27;3-2(4,5)1(6)7/h4-10,13,21H,11-12H2,1-3H3,(H,32,33);(H,6,7)/t21-;/m1./s1. The summed E-state index contributed by atoms with van der Waals surface area (Å²) >= 11 is 0. The molecule has 0 spiro atoms. The van der Waals surface area contributed by atoms with Gasteiger partial charge in [-0.2, -0.15) is 31.6 Å². The van der Waals surface area contributed by atoms with Gasteiger partial charge in [0.2, 0.25) is 0 Å². The summed E-state index contributed by atoms with van der Waals surface area (Å²) < 4.78 is 71.7. The first-order chi connectivity index (χ1) is 18.9. The fraction of sp³-hybridized carbons (Fsp3) is 0.308. The molecular weight excluding hydrogens is 562 g/mol. The summed E-state index contributed by atoms with van der Waals surface area (Å²) in [4.78, 5) is 39.1. The lowest BCUT2D eigenvalue weighted by Crippen LogP contribution is -2.52. The van der Waals surface area contributed by atoms with E-state index in [1.807, 2.05) is 11.0 Å². The van der Waals surface area contributed by atoms with Crippen LogP contribution in [0.4, 0.5) is 36.8 Å². The predicted octanol–water partition coefficient (Wildman–Crippen LogP) is 5.11. The number of hydrogen-bond acceptors (Lipinski definition) is 5. The first-order valence-corrected chi connectivity index (χ1v) is 11.6. The Morgan fingerprint density at radius 1 is 1.02 bits per heavy atom. The number of nitrogens with zero attached hydrogens (tertiary/aromatic N) is 4. The Kier molecular flexibility index (Phi) is 10.1. The molecule has 220 valence electrons. The van der Waals surface area contributed by atoms with Crippen LogP contribution in [0.1, 0.15) is 29.7 Å². The molecule has 0 aromatic heterocycles. The maximum atomic E-state index is 13.7. The zero-order valence-corrected chi connectivity index (χ0v) is 21.8. The third-order valence-electron chi connectivity index (χ3n) is 5.80. The number of halogens is 6. The van der Waals surface area contributed by atoms with Crippen LogP contribution in [0.15, 0.2) is 59.8 Å². The lowest BCUT2D eigenvalue weighted by Gasteiger charge is -2.43. The number of urea groups is 1. The second-order valence-corrected chi connectivity index (χ2v) is 8.91. The fourth-order valence-electron chi connectivity index (χ4n) is 3.87. The average molecular weight is 586 g/mol. The Morgan fingerprint density at radius 2 is 1.59 bits per heavy atom. The monoisotopic (exact) mass is 586 g/mol. The van der Waals surface area contributed by atoms with E-state index in [4.69, 9.17) is 15.2 Å². The fourth-order valence-corrected chi connectivity index (χ4v) is 3.87. The number of benzene rings is 2. The molecule has 0 unspecified atom stereocenters. The third kappa shape index (κ3) is 7.98. The number of hydrogen-bond donors (Lipinski definition) is 2. The summed E-state index contributed by atoms with van der Waals surface area (Å²) in [6, 6.07) is 10.8. The van der Waals surface area contributed by atoms with Crippen LogP contribution in [0.25, 0.3) is 0 Å². The number of aliphatic carboxylic acids is 2. The van der Waals surface area contributed by atoms with Gasteiger partial charge in [0.05, 0.1) is 34.5 Å². The minimum atomic E-state index is -5.08. The largest absolute Gasteiger partial charge is 0.490 e. The van der Waals surface area contributed by atoms with Gasteiger partial charge in [0.25, 0.3) is 0 Å². The van der Waals surface area contributed by atoms with Gasteiger partial charge in [0.15, 0.2) is 0 Å². The maximum absolute atomic E-state index is 13.7. The number of allylic oxidation sites excluding steroid dienone is 1. The molecule has 1 aliphatic heterocycles. The highest BCUT2D eigenvalue weighted by Crippen LogP contribution is 2.40. The number of likely N-dealkylation sites (N-methyl/N-ethyl adjacent to an activating group) is 1. The number of carbonyl (C=O) groups is 3. The second kappa shape index (κ2) is 12.7. The number of amides is 2. The molecule has 2 N–H and O–H groups in total. The SMILES string of the molecule is CC1=C(C(=O)O)[C@@H](c2ccc(C#N)cc2)N(CCN(C)C)C(=O)N1c1cccc(C(F)(F)F)c1.O=C(O)C(F)(F)F. The van der Waals surface area contributed by atoms with Crippen LogP contribution < -0.4 is 4.90 Å². The van der Waals surface area contributed by atoms with Gasteiger partial charge in [0, 0.05) is 18.8 Å². The molecule has 0 saturated heterocycles. The van der Waals surface area contributed by atoms with Gasteiger partial charge in [-0.25, -0.2) is 14.4 Å². The second-order valence-electron chi connectivity index (χ2n) is 8.91. The van der Waals surface area contributed by atoms with Crippen molar-refractivity contribution in [3.63, 3.8) is 0 Å². The molecule has 1 heterocycles. The van der Waals surface area contributed by atoms with E-state index in [9.17, 15) is 41.0 Å². The Balaban J connectivity index is 0.000000745. The molecule has 41 heavy (non-hydrogen) atoms. The van der Waals surface area contributed by atoms with Crippen molar-refractivity contribution in [3.05, 3.63) is 76.5 Å². The zero-order chi connectivity index (χ0) is 31.3. The highest BCUT2D eigenvalue weighted by atomic mass is 19.4.